The second-order valence-electron chi connectivity index (χ2n) is 6.46. The average molecular weight is 370 g/mol. The van der Waals surface area contributed by atoms with E-state index in [1.807, 2.05) is 44.2 Å². The average Bonchev–Trinajstić information content (AvgIpc) is 2.67. The Morgan fingerprint density at radius 2 is 1.70 bits per heavy atom. The van der Waals surface area contributed by atoms with Crippen molar-refractivity contribution in [3.8, 4) is 0 Å². The van der Waals surface area contributed by atoms with Gasteiger partial charge >= 0.3 is 0 Å². The maximum Gasteiger partial charge on any atom is 0.243 e. The molecule has 0 saturated heterocycles. The number of nitrogens with one attached hydrogen (secondary N) is 1. The summed E-state index contributed by atoms with van der Waals surface area (Å²) in [4.78, 5) is 27.1. The molecule has 2 aromatic carbocycles. The van der Waals surface area contributed by atoms with Crippen LogP contribution in [-0.4, -0.2) is 29.3 Å². The van der Waals surface area contributed by atoms with E-state index in [9.17, 15) is 14.0 Å². The Hall–Kier alpha value is -2.69. The third kappa shape index (κ3) is 5.91. The van der Waals surface area contributed by atoms with Crippen molar-refractivity contribution < 1.29 is 14.0 Å². The van der Waals surface area contributed by atoms with E-state index in [1.165, 1.54) is 11.0 Å². The van der Waals surface area contributed by atoms with Crippen LogP contribution in [0.25, 0.3) is 0 Å². The van der Waals surface area contributed by atoms with Gasteiger partial charge in [0.15, 0.2) is 0 Å². The van der Waals surface area contributed by atoms with Crippen molar-refractivity contribution >= 4 is 11.8 Å². The predicted molar refractivity (Wildman–Crippen MR) is 104 cm³/mol. The van der Waals surface area contributed by atoms with Gasteiger partial charge in [-0.25, -0.2) is 4.39 Å². The highest BCUT2D eigenvalue weighted by Crippen LogP contribution is 2.17. The molecule has 27 heavy (non-hydrogen) atoms. The van der Waals surface area contributed by atoms with Gasteiger partial charge in [0, 0.05) is 31.5 Å². The minimum Gasteiger partial charge on any atom is -0.355 e. The molecule has 2 amide bonds. The quantitative estimate of drug-likeness (QED) is 0.732. The van der Waals surface area contributed by atoms with Crippen molar-refractivity contribution in [2.75, 3.05) is 6.54 Å². The standard InChI is InChI=1S/C22H27FN2O2/c1-3-10-21(26)25(16-18-13-8-9-14-19(18)23)20(22(27)24-4-2)15-17-11-6-5-7-12-17/h5-9,11-14,20H,3-4,10,15-16H2,1-2H3,(H,24,27)/t20-/m0/s1. The molecular formula is C22H27FN2O2. The summed E-state index contributed by atoms with van der Waals surface area (Å²) in [5.41, 5.74) is 1.36. The fourth-order valence-corrected chi connectivity index (χ4v) is 3.01. The van der Waals surface area contributed by atoms with E-state index in [1.54, 1.807) is 18.2 Å². The highest BCUT2D eigenvalue weighted by atomic mass is 19.1. The normalized spacial score (nSPS) is 11.7. The maximum atomic E-state index is 14.2. The lowest BCUT2D eigenvalue weighted by molar-refractivity contribution is -0.141. The van der Waals surface area contributed by atoms with Crippen LogP contribution in [0, 0.1) is 5.82 Å². The van der Waals surface area contributed by atoms with Crippen LogP contribution >= 0.6 is 0 Å². The number of carbonyl (C=O) groups excluding carboxylic acids is 2. The van der Waals surface area contributed by atoms with Gasteiger partial charge in [-0.3, -0.25) is 9.59 Å². The lowest BCUT2D eigenvalue weighted by Gasteiger charge is -2.31. The first kappa shape index (κ1) is 20.6. The van der Waals surface area contributed by atoms with Crippen molar-refractivity contribution in [2.24, 2.45) is 0 Å². The maximum absolute atomic E-state index is 14.2. The lowest BCUT2D eigenvalue weighted by atomic mass is 10.0. The first-order chi connectivity index (χ1) is 13.1. The number of benzene rings is 2. The van der Waals surface area contributed by atoms with E-state index in [2.05, 4.69) is 5.32 Å². The molecule has 1 atom stereocenters. The van der Waals surface area contributed by atoms with E-state index in [-0.39, 0.29) is 24.2 Å². The molecule has 0 bridgehead atoms. The molecule has 0 unspecified atom stereocenters. The van der Waals surface area contributed by atoms with Crippen LogP contribution in [0.2, 0.25) is 0 Å². The van der Waals surface area contributed by atoms with Gasteiger partial charge in [-0.1, -0.05) is 55.5 Å². The van der Waals surface area contributed by atoms with E-state index in [4.69, 9.17) is 0 Å². The Labute approximate surface area is 160 Å². The molecule has 1 N–H and O–H groups in total. The number of carbonyl (C=O) groups is 2. The van der Waals surface area contributed by atoms with Crippen LogP contribution in [0.15, 0.2) is 54.6 Å². The van der Waals surface area contributed by atoms with Gasteiger partial charge in [-0.15, -0.1) is 0 Å². The Balaban J connectivity index is 2.36. The summed E-state index contributed by atoms with van der Waals surface area (Å²) in [6.07, 6.45) is 1.37. The Kier molecular flexibility index (Phi) is 7.99. The van der Waals surface area contributed by atoms with Crippen LogP contribution in [0.4, 0.5) is 4.39 Å². The summed E-state index contributed by atoms with van der Waals surface area (Å²) in [5, 5.41) is 2.82. The molecule has 0 fully saturated rings. The Morgan fingerprint density at radius 3 is 2.33 bits per heavy atom. The first-order valence-electron chi connectivity index (χ1n) is 9.41. The molecule has 0 aromatic heterocycles. The monoisotopic (exact) mass is 370 g/mol. The number of rotatable bonds is 9. The molecule has 5 heteroatoms. The van der Waals surface area contributed by atoms with Crippen molar-refractivity contribution in [3.05, 3.63) is 71.5 Å². The first-order valence-corrected chi connectivity index (χ1v) is 9.41. The molecule has 0 spiro atoms. The summed E-state index contributed by atoms with van der Waals surface area (Å²) in [6.45, 7) is 4.30. The van der Waals surface area contributed by atoms with E-state index in [0.29, 0.717) is 31.4 Å². The zero-order chi connectivity index (χ0) is 19.6. The number of hydrogen-bond donors (Lipinski definition) is 1. The van der Waals surface area contributed by atoms with Gasteiger partial charge < -0.3 is 10.2 Å². The Morgan fingerprint density at radius 1 is 1.04 bits per heavy atom. The van der Waals surface area contributed by atoms with Crippen LogP contribution in [0.5, 0.6) is 0 Å². The van der Waals surface area contributed by atoms with Gasteiger partial charge in [0.2, 0.25) is 11.8 Å². The van der Waals surface area contributed by atoms with E-state index >= 15 is 0 Å². The van der Waals surface area contributed by atoms with Crippen LogP contribution in [0.1, 0.15) is 37.8 Å². The second kappa shape index (κ2) is 10.5. The zero-order valence-electron chi connectivity index (χ0n) is 16.0. The molecule has 0 aliphatic rings. The van der Waals surface area contributed by atoms with Crippen LogP contribution in [0.3, 0.4) is 0 Å². The number of nitrogens with zero attached hydrogens (tertiary/aromatic N) is 1. The topological polar surface area (TPSA) is 49.4 Å². The summed E-state index contributed by atoms with van der Waals surface area (Å²) >= 11 is 0. The molecule has 0 radical (unpaired) electrons. The third-order valence-electron chi connectivity index (χ3n) is 4.38. The van der Waals surface area contributed by atoms with Crippen molar-refractivity contribution in [1.82, 2.24) is 10.2 Å². The largest absolute Gasteiger partial charge is 0.355 e. The molecule has 0 aliphatic carbocycles. The van der Waals surface area contributed by atoms with Gasteiger partial charge in [0.25, 0.3) is 0 Å². The minimum absolute atomic E-state index is 0.0696. The molecule has 0 heterocycles. The van der Waals surface area contributed by atoms with E-state index in [0.717, 1.165) is 5.56 Å². The highest BCUT2D eigenvalue weighted by molar-refractivity contribution is 5.88. The van der Waals surface area contributed by atoms with E-state index < -0.39 is 6.04 Å². The van der Waals surface area contributed by atoms with Crippen LogP contribution in [-0.2, 0) is 22.6 Å². The second-order valence-corrected chi connectivity index (χ2v) is 6.46. The van der Waals surface area contributed by atoms with Crippen molar-refractivity contribution in [3.63, 3.8) is 0 Å². The number of likely N-dealkylation sites (N-methyl/N-ethyl adjacent to an activating group) is 1. The molecule has 144 valence electrons. The number of halogens is 1. The SMILES string of the molecule is CCCC(=O)N(Cc1ccccc1F)[C@@H](Cc1ccccc1)C(=O)NCC. The van der Waals surface area contributed by atoms with Gasteiger partial charge in [-0.05, 0) is 25.0 Å². The van der Waals surface area contributed by atoms with Crippen LogP contribution < -0.4 is 5.32 Å². The van der Waals surface area contributed by atoms with Crippen molar-refractivity contribution in [2.45, 2.75) is 45.7 Å². The fourth-order valence-electron chi connectivity index (χ4n) is 3.01. The molecule has 2 aromatic rings. The summed E-state index contributed by atoms with van der Waals surface area (Å²) in [7, 11) is 0. The highest BCUT2D eigenvalue weighted by Gasteiger charge is 2.30. The van der Waals surface area contributed by atoms with Gasteiger partial charge in [0.05, 0.1) is 0 Å². The zero-order valence-corrected chi connectivity index (χ0v) is 16.0. The van der Waals surface area contributed by atoms with Crippen molar-refractivity contribution in [1.29, 1.82) is 0 Å². The number of amides is 2. The molecule has 0 saturated carbocycles. The Bertz CT molecular complexity index is 749. The lowest BCUT2D eigenvalue weighted by Crippen LogP contribution is -2.50. The van der Waals surface area contributed by atoms with Gasteiger partial charge in [-0.2, -0.15) is 0 Å². The predicted octanol–water partition coefficient (Wildman–Crippen LogP) is 3.70. The molecule has 2 rings (SSSR count). The third-order valence-corrected chi connectivity index (χ3v) is 4.38. The van der Waals surface area contributed by atoms with Gasteiger partial charge in [0.1, 0.15) is 11.9 Å². The summed E-state index contributed by atoms with van der Waals surface area (Å²) < 4.78 is 14.2. The fraction of sp³-hybridized carbons (Fsp3) is 0.364. The smallest absolute Gasteiger partial charge is 0.243 e. The molecular weight excluding hydrogens is 343 g/mol. The summed E-state index contributed by atoms with van der Waals surface area (Å²) in [5.74, 6) is -0.740. The molecule has 0 aliphatic heterocycles. The molecule has 4 nitrogen and oxygen atoms in total. The minimum atomic E-state index is -0.689. The number of hydrogen-bond acceptors (Lipinski definition) is 2. The summed E-state index contributed by atoms with van der Waals surface area (Å²) in [6, 6.07) is 15.3.